The number of nitrogens with zero attached hydrogens (tertiary/aromatic N) is 1. The van der Waals surface area contributed by atoms with Gasteiger partial charge in [0, 0.05) is 34.0 Å². The quantitative estimate of drug-likeness (QED) is 0.413. The van der Waals surface area contributed by atoms with Gasteiger partial charge in [0.15, 0.2) is 5.75 Å². The van der Waals surface area contributed by atoms with Crippen molar-refractivity contribution in [1.29, 1.82) is 0 Å². The highest BCUT2D eigenvalue weighted by Crippen LogP contribution is 2.35. The number of benzene rings is 1. The summed E-state index contributed by atoms with van der Waals surface area (Å²) in [6, 6.07) is 5.78. The first-order valence-corrected chi connectivity index (χ1v) is 11.2. The highest BCUT2D eigenvalue weighted by molar-refractivity contribution is 7.10. The molecule has 0 radical (unpaired) electrons. The summed E-state index contributed by atoms with van der Waals surface area (Å²) >= 11 is 1.69. The van der Waals surface area contributed by atoms with Crippen LogP contribution in [0, 0.1) is 0 Å². The van der Waals surface area contributed by atoms with Crippen molar-refractivity contribution >= 4 is 39.3 Å². The maximum Gasteiger partial charge on any atom is 0.513 e. The number of carbonyl (C=O) groups excluding carboxylic acids is 1. The van der Waals surface area contributed by atoms with Gasteiger partial charge >= 0.3 is 6.16 Å². The van der Waals surface area contributed by atoms with Gasteiger partial charge in [0.2, 0.25) is 0 Å². The summed E-state index contributed by atoms with van der Waals surface area (Å²) in [6.45, 7) is 3.96. The minimum absolute atomic E-state index is 0.204. The lowest BCUT2D eigenvalue weighted by atomic mass is 9.99. The lowest BCUT2D eigenvalue weighted by Crippen LogP contribution is -2.26. The first-order chi connectivity index (χ1) is 15.1. The van der Waals surface area contributed by atoms with Gasteiger partial charge in [-0.2, -0.15) is 0 Å². The van der Waals surface area contributed by atoms with Crippen LogP contribution in [-0.2, 0) is 4.74 Å². The first kappa shape index (κ1) is 19.8. The molecule has 0 aliphatic carbocycles. The van der Waals surface area contributed by atoms with Crippen molar-refractivity contribution in [1.82, 2.24) is 20.3 Å². The second kappa shape index (κ2) is 8.16. The van der Waals surface area contributed by atoms with Gasteiger partial charge in [-0.25, -0.2) is 9.78 Å². The zero-order valence-electron chi connectivity index (χ0n) is 17.0. The standard InChI is InChI=1S/C22H22N4O4S/c1-2-29-22(28)30-17-10-24-19-18(17)14-9-13(3-4-15(14)25-20(19)27)16-11-31-21(26-16)12-5-7-23-8-6-12/h3-4,9-12,23-24H,2,5-8H2,1H3,(H,25,27). The predicted molar refractivity (Wildman–Crippen MR) is 120 cm³/mol. The highest BCUT2D eigenvalue weighted by Gasteiger charge is 2.20. The van der Waals surface area contributed by atoms with E-state index in [9.17, 15) is 9.59 Å². The van der Waals surface area contributed by atoms with Gasteiger partial charge < -0.3 is 24.8 Å². The Labute approximate surface area is 181 Å². The van der Waals surface area contributed by atoms with Crippen LogP contribution in [0.4, 0.5) is 4.79 Å². The van der Waals surface area contributed by atoms with Crippen LogP contribution < -0.4 is 15.6 Å². The molecule has 1 aromatic carbocycles. The molecule has 0 atom stereocenters. The summed E-state index contributed by atoms with van der Waals surface area (Å²) in [4.78, 5) is 35.0. The normalized spacial score (nSPS) is 14.9. The first-order valence-electron chi connectivity index (χ1n) is 10.3. The Kier molecular flexibility index (Phi) is 5.21. The second-order valence-electron chi connectivity index (χ2n) is 7.50. The molecule has 0 amide bonds. The Bertz CT molecular complexity index is 1320. The third kappa shape index (κ3) is 3.70. The summed E-state index contributed by atoms with van der Waals surface area (Å²) in [5, 5.41) is 7.94. The minimum atomic E-state index is -0.806. The third-order valence-electron chi connectivity index (χ3n) is 5.57. The Morgan fingerprint density at radius 3 is 2.94 bits per heavy atom. The zero-order valence-corrected chi connectivity index (χ0v) is 17.8. The highest BCUT2D eigenvalue weighted by atomic mass is 32.1. The lowest BCUT2D eigenvalue weighted by molar-refractivity contribution is 0.105. The molecule has 0 bridgehead atoms. The average molecular weight is 439 g/mol. The van der Waals surface area contributed by atoms with Crippen molar-refractivity contribution in [2.45, 2.75) is 25.7 Å². The predicted octanol–water partition coefficient (Wildman–Crippen LogP) is 4.14. The molecule has 1 saturated heterocycles. The van der Waals surface area contributed by atoms with Gasteiger partial charge in [-0.05, 0) is 45.0 Å². The van der Waals surface area contributed by atoms with Gasteiger partial charge in [0.05, 0.1) is 22.7 Å². The van der Waals surface area contributed by atoms with Crippen LogP contribution >= 0.6 is 11.3 Å². The van der Waals surface area contributed by atoms with Crippen LogP contribution in [0.3, 0.4) is 0 Å². The van der Waals surface area contributed by atoms with E-state index in [0.29, 0.717) is 22.3 Å². The smallest absolute Gasteiger partial charge is 0.434 e. The molecule has 31 heavy (non-hydrogen) atoms. The Morgan fingerprint density at radius 2 is 2.13 bits per heavy atom. The molecule has 4 heterocycles. The van der Waals surface area contributed by atoms with Gasteiger partial charge in [-0.15, -0.1) is 11.3 Å². The van der Waals surface area contributed by atoms with Crippen LogP contribution in [0.1, 0.15) is 30.7 Å². The molecule has 0 saturated carbocycles. The van der Waals surface area contributed by atoms with Gasteiger partial charge in [0.1, 0.15) is 5.52 Å². The number of thiazole rings is 1. The molecular formula is C22H22N4O4S. The van der Waals surface area contributed by atoms with E-state index >= 15 is 0 Å². The fraction of sp³-hybridized carbons (Fsp3) is 0.318. The molecule has 9 heteroatoms. The van der Waals surface area contributed by atoms with Crippen molar-refractivity contribution in [3.8, 4) is 17.0 Å². The van der Waals surface area contributed by atoms with E-state index < -0.39 is 6.16 Å². The number of ether oxygens (including phenoxy) is 2. The van der Waals surface area contributed by atoms with E-state index in [1.807, 2.05) is 18.2 Å². The number of carbonyl (C=O) groups is 1. The van der Waals surface area contributed by atoms with Crippen LogP contribution in [0.2, 0.25) is 0 Å². The van der Waals surface area contributed by atoms with Crippen LogP contribution in [-0.4, -0.2) is 40.8 Å². The summed E-state index contributed by atoms with van der Waals surface area (Å²) < 4.78 is 10.2. The third-order valence-corrected chi connectivity index (χ3v) is 6.58. The van der Waals surface area contributed by atoms with Crippen molar-refractivity contribution in [2.24, 2.45) is 0 Å². The molecule has 160 valence electrons. The number of nitrogens with one attached hydrogen (secondary N) is 3. The summed E-state index contributed by atoms with van der Waals surface area (Å²) in [5.74, 6) is 0.758. The number of piperidine rings is 1. The van der Waals surface area contributed by atoms with Crippen LogP contribution in [0.5, 0.6) is 5.75 Å². The van der Waals surface area contributed by atoms with Gasteiger partial charge in [-0.3, -0.25) is 4.79 Å². The molecule has 8 nitrogen and oxygen atoms in total. The maximum atomic E-state index is 12.5. The number of H-pyrrole nitrogens is 2. The Morgan fingerprint density at radius 1 is 1.29 bits per heavy atom. The molecule has 5 rings (SSSR count). The molecule has 3 N–H and O–H groups in total. The molecule has 3 aromatic heterocycles. The van der Waals surface area contributed by atoms with Crippen molar-refractivity contribution in [3.63, 3.8) is 0 Å². The van der Waals surface area contributed by atoms with Gasteiger partial charge in [0.25, 0.3) is 5.56 Å². The largest absolute Gasteiger partial charge is 0.513 e. The molecule has 1 aliphatic rings. The maximum absolute atomic E-state index is 12.5. The SMILES string of the molecule is CCOC(=O)Oc1c[nH]c2c(=O)[nH]c3ccc(-c4csc(C5CCNCC5)n4)cc3c12. The van der Waals surface area contributed by atoms with E-state index in [1.165, 1.54) is 6.20 Å². The fourth-order valence-corrected chi connectivity index (χ4v) is 5.05. The topological polar surface area (TPSA) is 109 Å². The van der Waals surface area contributed by atoms with Crippen molar-refractivity contribution < 1.29 is 14.3 Å². The molecule has 0 unspecified atom stereocenters. The molecule has 1 aliphatic heterocycles. The van der Waals surface area contributed by atoms with Gasteiger partial charge in [-0.1, -0.05) is 6.07 Å². The second-order valence-corrected chi connectivity index (χ2v) is 8.39. The summed E-state index contributed by atoms with van der Waals surface area (Å²) in [6.07, 6.45) is 2.90. The molecule has 4 aromatic rings. The number of fused-ring (bicyclic) bond motifs is 3. The summed E-state index contributed by atoms with van der Waals surface area (Å²) in [5.41, 5.74) is 2.57. The number of aromatic nitrogens is 3. The molecule has 1 fully saturated rings. The van der Waals surface area contributed by atoms with Crippen molar-refractivity contribution in [2.75, 3.05) is 19.7 Å². The van der Waals surface area contributed by atoms with E-state index in [2.05, 4.69) is 20.7 Å². The zero-order chi connectivity index (χ0) is 21.4. The summed E-state index contributed by atoms with van der Waals surface area (Å²) in [7, 11) is 0. The Hall–Kier alpha value is -3.17. The van der Waals surface area contributed by atoms with Crippen LogP contribution in [0.25, 0.3) is 33.1 Å². The molecular weight excluding hydrogens is 416 g/mol. The minimum Gasteiger partial charge on any atom is -0.434 e. The van der Waals surface area contributed by atoms with E-state index in [-0.39, 0.29) is 17.9 Å². The van der Waals surface area contributed by atoms with E-state index in [1.54, 1.807) is 18.3 Å². The van der Waals surface area contributed by atoms with Crippen LogP contribution in [0.15, 0.2) is 34.6 Å². The van der Waals surface area contributed by atoms with E-state index in [4.69, 9.17) is 14.5 Å². The fourth-order valence-electron chi connectivity index (χ4n) is 4.05. The monoisotopic (exact) mass is 438 g/mol. The van der Waals surface area contributed by atoms with Crippen molar-refractivity contribution in [3.05, 3.63) is 45.1 Å². The number of hydrogen-bond donors (Lipinski definition) is 3. The average Bonchev–Trinajstić information content (AvgIpc) is 3.43. The van der Waals surface area contributed by atoms with E-state index in [0.717, 1.165) is 47.6 Å². The number of aromatic amines is 2. The number of pyridine rings is 1. The number of hydrogen-bond acceptors (Lipinski definition) is 7. The number of rotatable bonds is 4. The Balaban J connectivity index is 1.58. The lowest BCUT2D eigenvalue weighted by Gasteiger charge is -2.20. The molecule has 0 spiro atoms.